The number of alkyl halides is 3. The van der Waals surface area contributed by atoms with Crippen molar-refractivity contribution in [3.05, 3.63) is 48.0 Å². The molecule has 0 saturated heterocycles. The highest BCUT2D eigenvalue weighted by molar-refractivity contribution is 7.92. The van der Waals surface area contributed by atoms with Gasteiger partial charge in [-0.1, -0.05) is 12.1 Å². The van der Waals surface area contributed by atoms with E-state index in [0.717, 1.165) is 4.31 Å². The van der Waals surface area contributed by atoms with Crippen LogP contribution in [-0.2, 0) is 19.6 Å². The summed E-state index contributed by atoms with van der Waals surface area (Å²) in [6.45, 7) is 4.33. The molecule has 2 aromatic rings. The molecular weight excluding hydrogens is 503 g/mol. The number of carbonyl (C=O) groups excluding carboxylic acids is 2. The van der Waals surface area contributed by atoms with Crippen molar-refractivity contribution in [3.63, 3.8) is 0 Å². The van der Waals surface area contributed by atoms with Gasteiger partial charge < -0.3 is 14.8 Å². The molecule has 196 valence electrons. The summed E-state index contributed by atoms with van der Waals surface area (Å²) in [4.78, 5) is 23.5. The summed E-state index contributed by atoms with van der Waals surface area (Å²) in [6, 6.07) is 10.2. The Hall–Kier alpha value is -3.48. The number of rotatable bonds is 6. The lowest BCUT2D eigenvalue weighted by atomic mass is 10.1. The average Bonchev–Trinajstić information content (AvgIpc) is 2.76. The molecule has 0 unspecified atom stereocenters. The van der Waals surface area contributed by atoms with Crippen LogP contribution in [0, 0.1) is 6.92 Å². The van der Waals surface area contributed by atoms with Crippen LogP contribution in [0.2, 0.25) is 0 Å². The second-order valence-electron chi connectivity index (χ2n) is 8.73. The molecule has 9 nitrogen and oxygen atoms in total. The molecule has 36 heavy (non-hydrogen) atoms. The fourth-order valence-corrected chi connectivity index (χ4v) is 4.92. The summed E-state index contributed by atoms with van der Waals surface area (Å²) in [5.74, 6) is -0.181. The molecule has 1 heterocycles. The van der Waals surface area contributed by atoms with E-state index in [4.69, 9.17) is 4.74 Å². The maximum atomic E-state index is 13.6. The van der Waals surface area contributed by atoms with Gasteiger partial charge in [0, 0.05) is 12.6 Å². The molecule has 0 spiro atoms. The first-order valence-corrected chi connectivity index (χ1v) is 12.3. The Bertz CT molecular complexity index is 1260. The van der Waals surface area contributed by atoms with E-state index < -0.39 is 34.0 Å². The highest BCUT2D eigenvalue weighted by Crippen LogP contribution is 2.39. The van der Waals surface area contributed by atoms with E-state index >= 15 is 0 Å². The Morgan fingerprint density at radius 2 is 1.86 bits per heavy atom. The zero-order chi connectivity index (χ0) is 26.9. The van der Waals surface area contributed by atoms with E-state index in [0.29, 0.717) is 19.4 Å². The van der Waals surface area contributed by atoms with Gasteiger partial charge in [-0.3, -0.25) is 14.4 Å². The van der Waals surface area contributed by atoms with Crippen molar-refractivity contribution >= 4 is 33.4 Å². The van der Waals surface area contributed by atoms with E-state index in [2.05, 4.69) is 15.4 Å². The molecule has 0 saturated carbocycles. The van der Waals surface area contributed by atoms with Crippen molar-refractivity contribution in [3.8, 4) is 5.75 Å². The van der Waals surface area contributed by atoms with E-state index in [1.165, 1.54) is 37.3 Å². The normalized spacial score (nSPS) is 16.0. The van der Waals surface area contributed by atoms with Gasteiger partial charge in [0.2, 0.25) is 11.5 Å². The quantitative estimate of drug-likeness (QED) is 0.585. The zero-order valence-corrected chi connectivity index (χ0v) is 20.8. The molecule has 0 fully saturated rings. The van der Waals surface area contributed by atoms with Gasteiger partial charge in [0.05, 0.1) is 23.7 Å². The van der Waals surface area contributed by atoms with Crippen molar-refractivity contribution in [2.45, 2.75) is 50.5 Å². The Morgan fingerprint density at radius 1 is 1.17 bits per heavy atom. The average molecular weight is 530 g/mol. The van der Waals surface area contributed by atoms with Crippen molar-refractivity contribution in [1.82, 2.24) is 5.32 Å². The number of nitrogens with one attached hydrogen (secondary N) is 2. The van der Waals surface area contributed by atoms with Crippen molar-refractivity contribution in [1.29, 1.82) is 0 Å². The molecule has 1 aliphatic heterocycles. The highest BCUT2D eigenvalue weighted by Gasteiger charge is 2.51. The van der Waals surface area contributed by atoms with Crippen LogP contribution in [0.5, 0.6) is 5.75 Å². The molecular formula is C23H26F3N3O6S. The van der Waals surface area contributed by atoms with Gasteiger partial charge in [-0.25, -0.2) is 13.2 Å². The number of fused-ring (bicyclic) bond motifs is 1. The first kappa shape index (κ1) is 27.1. The number of carbonyl (C=O) groups is 2. The minimum Gasteiger partial charge on any atom is -0.484 e. The van der Waals surface area contributed by atoms with Gasteiger partial charge in [0.1, 0.15) is 11.9 Å². The van der Waals surface area contributed by atoms with Crippen LogP contribution in [0.15, 0.2) is 47.4 Å². The predicted octanol–water partition coefficient (Wildman–Crippen LogP) is 3.98. The Balaban J connectivity index is 1.96. The number of benzene rings is 2. The topological polar surface area (TPSA) is 114 Å². The van der Waals surface area contributed by atoms with Gasteiger partial charge in [0.25, 0.3) is 10.0 Å². The number of nitrogens with zero attached hydrogens (tertiary/aromatic N) is 1. The van der Waals surface area contributed by atoms with Crippen LogP contribution >= 0.6 is 0 Å². The summed E-state index contributed by atoms with van der Waals surface area (Å²) >= 11 is 0. The van der Waals surface area contributed by atoms with Crippen LogP contribution < -0.4 is 19.7 Å². The lowest BCUT2D eigenvalue weighted by Crippen LogP contribution is -2.48. The lowest BCUT2D eigenvalue weighted by molar-refractivity contribution is -0.242. The van der Waals surface area contributed by atoms with Crippen LogP contribution in [0.25, 0.3) is 0 Å². The van der Waals surface area contributed by atoms with E-state index in [-0.39, 0.29) is 41.0 Å². The summed E-state index contributed by atoms with van der Waals surface area (Å²) in [6.07, 6.45) is -6.89. The molecule has 3 rings (SSSR count). The van der Waals surface area contributed by atoms with Crippen LogP contribution in [0.3, 0.4) is 0 Å². The summed E-state index contributed by atoms with van der Waals surface area (Å²) in [5, 5.41) is 4.78. The van der Waals surface area contributed by atoms with Gasteiger partial charge in [0.15, 0.2) is 0 Å². The minimum atomic E-state index is -4.80. The molecule has 0 radical (unpaired) electrons. The first-order valence-electron chi connectivity index (χ1n) is 10.8. The highest BCUT2D eigenvalue weighted by atomic mass is 32.2. The zero-order valence-electron chi connectivity index (χ0n) is 20.0. The number of sulfonamides is 1. The van der Waals surface area contributed by atoms with E-state index in [1.54, 1.807) is 19.1 Å². The molecule has 0 aliphatic carbocycles. The lowest BCUT2D eigenvalue weighted by Gasteiger charge is -2.36. The van der Waals surface area contributed by atoms with E-state index in [9.17, 15) is 31.2 Å². The fraction of sp³-hybridized carbons (Fsp3) is 0.391. The molecule has 0 aromatic heterocycles. The Labute approximate surface area is 206 Å². The van der Waals surface area contributed by atoms with Crippen LogP contribution in [-0.4, -0.2) is 51.4 Å². The maximum Gasteiger partial charge on any atom is 0.427 e. The number of aryl methyl sites for hydroxylation is 1. The van der Waals surface area contributed by atoms with Crippen LogP contribution in [0.1, 0.15) is 26.3 Å². The summed E-state index contributed by atoms with van der Waals surface area (Å²) in [7, 11) is -4.11. The first-order chi connectivity index (χ1) is 16.6. The Morgan fingerprint density at radius 3 is 2.47 bits per heavy atom. The molecule has 2 N–H and O–H groups in total. The maximum absolute atomic E-state index is 13.6. The third-order valence-electron chi connectivity index (χ3n) is 5.32. The standard InChI is InChI=1S/C23H26F3N3O6S/c1-14-6-5-7-18(10-14)36(32,33)29-13-17(12-27-15(2)30)34-20-9-8-16(11-19(20)29)28-21(31)35-22(3,4)23(24,25)26/h5-11,17H,12-13H2,1-4H3,(H,27,30)(H,28,31)/t17-/m0/s1. The van der Waals surface area contributed by atoms with Gasteiger partial charge >= 0.3 is 12.3 Å². The largest absolute Gasteiger partial charge is 0.484 e. The smallest absolute Gasteiger partial charge is 0.427 e. The van der Waals surface area contributed by atoms with Gasteiger partial charge in [-0.05, 0) is 56.7 Å². The summed E-state index contributed by atoms with van der Waals surface area (Å²) < 4.78 is 77.7. The van der Waals surface area contributed by atoms with Crippen molar-refractivity contribution in [2.75, 3.05) is 22.7 Å². The second kappa shape index (κ2) is 9.88. The number of hydrogen-bond acceptors (Lipinski definition) is 6. The molecule has 1 atom stereocenters. The van der Waals surface area contributed by atoms with E-state index in [1.807, 2.05) is 0 Å². The SMILES string of the molecule is CC(=O)NC[C@H]1CN(S(=O)(=O)c2cccc(C)c2)c2cc(NC(=O)OC(C)(C)C(F)(F)F)ccc2O1. The van der Waals surface area contributed by atoms with Crippen molar-refractivity contribution < 1.29 is 40.7 Å². The number of amides is 2. The Kier molecular flexibility index (Phi) is 7.44. The predicted molar refractivity (Wildman–Crippen MR) is 125 cm³/mol. The minimum absolute atomic E-state index is 0.00919. The van der Waals surface area contributed by atoms with Gasteiger partial charge in [-0.2, -0.15) is 13.2 Å². The third-order valence-corrected chi connectivity index (χ3v) is 7.10. The molecule has 13 heteroatoms. The number of ether oxygens (including phenoxy) is 2. The number of anilines is 2. The molecule has 0 bridgehead atoms. The summed E-state index contributed by atoms with van der Waals surface area (Å²) in [5.41, 5.74) is -1.98. The molecule has 2 aromatic carbocycles. The van der Waals surface area contributed by atoms with Crippen LogP contribution in [0.4, 0.5) is 29.3 Å². The monoisotopic (exact) mass is 529 g/mol. The third kappa shape index (κ3) is 6.01. The fourth-order valence-electron chi connectivity index (χ4n) is 3.32. The van der Waals surface area contributed by atoms with Gasteiger partial charge in [-0.15, -0.1) is 0 Å². The number of halogens is 3. The molecule has 2 amide bonds. The number of hydrogen-bond donors (Lipinski definition) is 2. The molecule has 1 aliphatic rings. The van der Waals surface area contributed by atoms with Crippen molar-refractivity contribution in [2.24, 2.45) is 0 Å². The second-order valence-corrected chi connectivity index (χ2v) is 10.6.